The molecule has 3 rings (SSSR count). The van der Waals surface area contributed by atoms with Gasteiger partial charge >= 0.3 is 6.18 Å². The molecule has 0 aromatic carbocycles. The fourth-order valence-electron chi connectivity index (χ4n) is 2.37. The van der Waals surface area contributed by atoms with Crippen LogP contribution < -0.4 is 5.73 Å². The molecule has 0 amide bonds. The molecular weight excluding hydrogens is 311 g/mol. The van der Waals surface area contributed by atoms with Gasteiger partial charge in [-0.1, -0.05) is 6.08 Å². The number of nitrogens with zero attached hydrogens (tertiary/aromatic N) is 4. The van der Waals surface area contributed by atoms with Gasteiger partial charge in [-0.25, -0.2) is 15.0 Å². The van der Waals surface area contributed by atoms with Crippen LogP contribution in [0.15, 0.2) is 35.2 Å². The molecule has 23 heavy (non-hydrogen) atoms. The highest BCUT2D eigenvalue weighted by Gasteiger charge is 2.30. The minimum Gasteiger partial charge on any atom is -0.368 e. The van der Waals surface area contributed by atoms with Gasteiger partial charge in [-0.2, -0.15) is 13.2 Å². The second-order valence-corrected chi connectivity index (χ2v) is 5.00. The molecule has 0 saturated carbocycles. The quantitative estimate of drug-likeness (QED) is 0.919. The highest BCUT2D eigenvalue weighted by Crippen LogP contribution is 2.31. The van der Waals surface area contributed by atoms with E-state index in [1.165, 1.54) is 11.3 Å². The Kier molecular flexibility index (Phi) is 4.03. The number of allylic oxidation sites excluding steroid dienone is 2. The van der Waals surface area contributed by atoms with Gasteiger partial charge in [0.15, 0.2) is 0 Å². The summed E-state index contributed by atoms with van der Waals surface area (Å²) in [6.07, 6.45) is 0.223. The summed E-state index contributed by atoms with van der Waals surface area (Å²) in [6, 6.07) is 1.68. The van der Waals surface area contributed by atoms with E-state index in [9.17, 15) is 13.2 Å². The Morgan fingerprint density at radius 1 is 1.35 bits per heavy atom. The number of alkyl halides is 3. The average Bonchev–Trinajstić information content (AvgIpc) is 2.91. The number of nitrogen functional groups attached to an aromatic ring is 1. The maximum absolute atomic E-state index is 12.3. The van der Waals surface area contributed by atoms with Crippen LogP contribution in [-0.4, -0.2) is 40.1 Å². The first kappa shape index (κ1) is 15.5. The van der Waals surface area contributed by atoms with Crippen molar-refractivity contribution in [2.75, 3.05) is 18.9 Å². The van der Waals surface area contributed by atoms with E-state index in [4.69, 9.17) is 10.6 Å². The number of rotatable bonds is 4. The highest BCUT2D eigenvalue weighted by molar-refractivity contribution is 6.10. The van der Waals surface area contributed by atoms with Crippen molar-refractivity contribution >= 4 is 17.2 Å². The Bertz CT molecular complexity index is 696. The summed E-state index contributed by atoms with van der Waals surface area (Å²) in [5.41, 5.74) is 8.32. The first-order valence-electron chi connectivity index (χ1n) is 6.95. The molecule has 0 radical (unpaired) electrons. The van der Waals surface area contributed by atoms with Gasteiger partial charge in [0.2, 0.25) is 5.95 Å². The number of fused-ring (bicyclic) bond motifs is 1. The second-order valence-electron chi connectivity index (χ2n) is 5.00. The number of hydrogen-bond acceptors (Lipinski definition) is 6. The van der Waals surface area contributed by atoms with Crippen LogP contribution in [-0.2, 0) is 4.84 Å². The maximum Gasteiger partial charge on any atom is 0.391 e. The van der Waals surface area contributed by atoms with Crippen LogP contribution >= 0.6 is 0 Å². The number of hydrogen-bond donors (Lipinski definition) is 1. The molecule has 2 aliphatic heterocycles. The fourth-order valence-corrected chi connectivity index (χ4v) is 2.37. The molecule has 0 saturated heterocycles. The number of anilines is 1. The van der Waals surface area contributed by atoms with Crippen molar-refractivity contribution in [3.63, 3.8) is 0 Å². The number of nitrogens with two attached hydrogens (primary N) is 1. The van der Waals surface area contributed by atoms with Crippen molar-refractivity contribution in [2.24, 2.45) is 4.99 Å². The lowest BCUT2D eigenvalue weighted by Crippen LogP contribution is -2.27. The Hall–Kier alpha value is -2.42. The third-order valence-electron chi connectivity index (χ3n) is 3.36. The minimum absolute atomic E-state index is 0.125. The van der Waals surface area contributed by atoms with Gasteiger partial charge in [0.05, 0.1) is 36.7 Å². The third kappa shape index (κ3) is 3.50. The van der Waals surface area contributed by atoms with Crippen LogP contribution in [0.3, 0.4) is 0 Å². The summed E-state index contributed by atoms with van der Waals surface area (Å²) in [5.74, 6) is 0.125. The number of halogens is 3. The minimum atomic E-state index is -4.26. The molecule has 1 aromatic heterocycles. The van der Waals surface area contributed by atoms with Crippen molar-refractivity contribution < 1.29 is 18.0 Å². The molecule has 0 aliphatic carbocycles. The molecular formula is C14H14F3N5O. The van der Waals surface area contributed by atoms with Gasteiger partial charge < -0.3 is 5.73 Å². The summed E-state index contributed by atoms with van der Waals surface area (Å²) in [7, 11) is 0. The van der Waals surface area contributed by atoms with Gasteiger partial charge in [-0.3, -0.25) is 9.83 Å². The Morgan fingerprint density at radius 3 is 2.91 bits per heavy atom. The Balaban J connectivity index is 1.84. The van der Waals surface area contributed by atoms with Crippen molar-refractivity contribution in [1.82, 2.24) is 15.0 Å². The lowest BCUT2D eigenvalue weighted by molar-refractivity contribution is -0.170. The Labute approximate surface area is 130 Å². The molecule has 0 atom stereocenters. The van der Waals surface area contributed by atoms with Gasteiger partial charge in [0.25, 0.3) is 0 Å². The van der Waals surface area contributed by atoms with Gasteiger partial charge in [0, 0.05) is 24.4 Å². The third-order valence-corrected chi connectivity index (χ3v) is 3.36. The maximum atomic E-state index is 12.3. The predicted molar refractivity (Wildman–Crippen MR) is 77.9 cm³/mol. The highest BCUT2D eigenvalue weighted by atomic mass is 19.4. The standard InChI is InChI=1S/C14H14F3N5O/c15-14(16,17)4-7-23-22-6-1-2-11-12(22)9(8-20-11)10-3-5-19-13(18)21-10/h1,3,5-6H,2,4,7-8H2,(H2,18,19,21). The monoisotopic (exact) mass is 325 g/mol. The molecule has 0 bridgehead atoms. The van der Waals surface area contributed by atoms with E-state index in [2.05, 4.69) is 15.0 Å². The number of hydroxylamine groups is 2. The van der Waals surface area contributed by atoms with Gasteiger partial charge in [-0.05, 0) is 6.07 Å². The SMILES string of the molecule is Nc1nccc(C2=C3C(=NC2)CC=CN3OCCC(F)(F)F)n1. The number of aromatic nitrogens is 2. The molecule has 0 fully saturated rings. The molecule has 2 aliphatic rings. The summed E-state index contributed by atoms with van der Waals surface area (Å²) < 4.78 is 36.8. The van der Waals surface area contributed by atoms with Crippen LogP contribution in [0.1, 0.15) is 18.5 Å². The average molecular weight is 325 g/mol. The van der Waals surface area contributed by atoms with E-state index in [0.717, 1.165) is 11.3 Å². The molecule has 2 N–H and O–H groups in total. The van der Waals surface area contributed by atoms with Crippen LogP contribution in [0.5, 0.6) is 0 Å². The van der Waals surface area contributed by atoms with Crippen LogP contribution in [0.25, 0.3) is 5.57 Å². The largest absolute Gasteiger partial charge is 0.391 e. The summed E-state index contributed by atoms with van der Waals surface area (Å²) in [6.45, 7) is -0.0915. The zero-order valence-corrected chi connectivity index (χ0v) is 12.0. The molecule has 3 heterocycles. The first-order chi connectivity index (χ1) is 10.9. The predicted octanol–water partition coefficient (Wildman–Crippen LogP) is 2.33. The van der Waals surface area contributed by atoms with Gasteiger partial charge in [0.1, 0.15) is 0 Å². The normalized spacial score (nSPS) is 17.5. The van der Waals surface area contributed by atoms with E-state index in [1.54, 1.807) is 18.3 Å². The van der Waals surface area contributed by atoms with Crippen LogP contribution in [0, 0.1) is 0 Å². The second kappa shape index (κ2) is 5.99. The van der Waals surface area contributed by atoms with E-state index in [0.29, 0.717) is 24.4 Å². The van der Waals surface area contributed by atoms with Crippen LogP contribution in [0.2, 0.25) is 0 Å². The van der Waals surface area contributed by atoms with Gasteiger partial charge in [-0.15, -0.1) is 0 Å². The molecule has 9 heteroatoms. The smallest absolute Gasteiger partial charge is 0.368 e. The molecule has 6 nitrogen and oxygen atoms in total. The van der Waals surface area contributed by atoms with Crippen molar-refractivity contribution in [1.29, 1.82) is 0 Å². The molecule has 0 unspecified atom stereocenters. The number of aliphatic imine (C=N–C) groups is 1. The summed E-state index contributed by atoms with van der Waals surface area (Å²) >= 11 is 0. The topological polar surface area (TPSA) is 76.6 Å². The Morgan fingerprint density at radius 2 is 2.17 bits per heavy atom. The van der Waals surface area contributed by atoms with Crippen LogP contribution in [0.4, 0.5) is 19.1 Å². The van der Waals surface area contributed by atoms with Crippen molar-refractivity contribution in [3.8, 4) is 0 Å². The van der Waals surface area contributed by atoms with Crippen molar-refractivity contribution in [2.45, 2.75) is 19.0 Å². The lowest BCUT2D eigenvalue weighted by Gasteiger charge is -2.26. The van der Waals surface area contributed by atoms with E-state index >= 15 is 0 Å². The van der Waals surface area contributed by atoms with E-state index < -0.39 is 19.2 Å². The zero-order chi connectivity index (χ0) is 16.4. The lowest BCUT2D eigenvalue weighted by atomic mass is 10.1. The molecule has 122 valence electrons. The van der Waals surface area contributed by atoms with E-state index in [-0.39, 0.29) is 5.95 Å². The zero-order valence-electron chi connectivity index (χ0n) is 12.0. The fraction of sp³-hybridized carbons (Fsp3) is 0.357. The summed E-state index contributed by atoms with van der Waals surface area (Å²) in [5, 5.41) is 1.33. The summed E-state index contributed by atoms with van der Waals surface area (Å²) in [4.78, 5) is 17.6. The first-order valence-corrected chi connectivity index (χ1v) is 6.95. The van der Waals surface area contributed by atoms with E-state index in [1.807, 2.05) is 0 Å². The molecule has 1 aromatic rings. The molecule has 0 spiro atoms. The van der Waals surface area contributed by atoms with Crippen molar-refractivity contribution in [3.05, 3.63) is 35.9 Å².